The number of hydrogen-bond donors (Lipinski definition) is 2. The van der Waals surface area contributed by atoms with Crippen LogP contribution in [0.2, 0.25) is 5.02 Å². The van der Waals surface area contributed by atoms with E-state index < -0.39 is 6.04 Å². The van der Waals surface area contributed by atoms with Crippen LogP contribution in [0.25, 0.3) is 0 Å². The number of carbonyl (C=O) groups is 1. The van der Waals surface area contributed by atoms with Crippen molar-refractivity contribution in [3.63, 3.8) is 0 Å². The summed E-state index contributed by atoms with van der Waals surface area (Å²) in [6.45, 7) is 7.04. The normalized spacial score (nSPS) is 17.0. The van der Waals surface area contributed by atoms with Crippen LogP contribution in [0, 0.1) is 5.41 Å². The molecule has 6 rings (SSSR count). The summed E-state index contributed by atoms with van der Waals surface area (Å²) in [6.07, 6.45) is 1.17. The number of rotatable bonds is 7. The van der Waals surface area contributed by atoms with Crippen molar-refractivity contribution >= 4 is 51.8 Å². The Hall–Kier alpha value is -4.33. The number of para-hydroxylation sites is 3. The Kier molecular flexibility index (Phi) is 8.83. The Morgan fingerprint density at radius 2 is 1.69 bits per heavy atom. The van der Waals surface area contributed by atoms with Gasteiger partial charge in [0.2, 0.25) is 0 Å². The molecule has 0 unspecified atom stereocenters. The van der Waals surface area contributed by atoms with Crippen LogP contribution in [0.1, 0.15) is 50.8 Å². The summed E-state index contributed by atoms with van der Waals surface area (Å²) in [7, 11) is 0. The number of Topliss-reactive ketones (excluding diaryl/α,β-unsaturated/α-hetero) is 1. The number of anilines is 3. The van der Waals surface area contributed by atoms with Crippen molar-refractivity contribution in [2.75, 3.05) is 22.1 Å². The molecule has 8 heteroatoms. The highest BCUT2D eigenvalue weighted by Gasteiger charge is 2.42. The molecule has 1 atom stereocenters. The smallest absolute Gasteiger partial charge is 0.178 e. The Labute approximate surface area is 275 Å². The number of nitrogens with zero attached hydrogens (tertiary/aromatic N) is 1. The molecular weight excluding hydrogens is 602 g/mol. The van der Waals surface area contributed by atoms with E-state index in [1.165, 1.54) is 0 Å². The number of fused-ring (bicyclic) bond motifs is 1. The summed E-state index contributed by atoms with van der Waals surface area (Å²) in [4.78, 5) is 16.2. The van der Waals surface area contributed by atoms with Crippen LogP contribution in [0.4, 0.5) is 17.1 Å². The lowest BCUT2D eigenvalue weighted by atomic mass is 9.73. The van der Waals surface area contributed by atoms with Crippen molar-refractivity contribution in [3.05, 3.63) is 124 Å². The molecule has 4 aromatic carbocycles. The second kappa shape index (κ2) is 13.0. The van der Waals surface area contributed by atoms with Crippen LogP contribution in [-0.4, -0.2) is 17.5 Å². The molecule has 0 fully saturated rings. The minimum atomic E-state index is -0.520. The van der Waals surface area contributed by atoms with Gasteiger partial charge in [-0.3, -0.25) is 4.79 Å². The molecule has 0 amide bonds. The SMILES string of the molecule is CCOc1cc([C@@H]2C3=C(CC(C)(C)CC3=O)Nc3ccccc3N2C(=S)Nc2ccccc2)ccc1OCc1ccc(Cl)cc1. The van der Waals surface area contributed by atoms with Crippen molar-refractivity contribution < 1.29 is 14.3 Å². The molecule has 230 valence electrons. The summed E-state index contributed by atoms with van der Waals surface area (Å²) < 4.78 is 12.4. The highest BCUT2D eigenvalue weighted by Crippen LogP contribution is 2.49. The molecule has 1 heterocycles. The van der Waals surface area contributed by atoms with Crippen LogP contribution >= 0.6 is 23.8 Å². The van der Waals surface area contributed by atoms with E-state index in [-0.39, 0.29) is 11.2 Å². The molecule has 0 saturated carbocycles. The van der Waals surface area contributed by atoms with Gasteiger partial charge in [0, 0.05) is 28.4 Å². The number of allylic oxidation sites excluding steroid dienone is 1. The Bertz CT molecular complexity index is 1750. The van der Waals surface area contributed by atoms with Crippen molar-refractivity contribution in [2.24, 2.45) is 5.41 Å². The van der Waals surface area contributed by atoms with Crippen LogP contribution in [-0.2, 0) is 11.4 Å². The number of halogens is 1. The van der Waals surface area contributed by atoms with Gasteiger partial charge in [0.1, 0.15) is 6.61 Å². The number of benzene rings is 4. The lowest BCUT2D eigenvalue weighted by Gasteiger charge is -2.38. The molecule has 1 aliphatic carbocycles. The average Bonchev–Trinajstić information content (AvgIpc) is 3.16. The number of thiocarbonyl (C=S) groups is 1. The van der Waals surface area contributed by atoms with Gasteiger partial charge in [-0.15, -0.1) is 0 Å². The maximum atomic E-state index is 14.2. The second-order valence-corrected chi connectivity index (χ2v) is 12.9. The number of carbonyl (C=O) groups excluding carboxylic acids is 1. The number of nitrogens with one attached hydrogen (secondary N) is 2. The van der Waals surface area contributed by atoms with Gasteiger partial charge >= 0.3 is 0 Å². The van der Waals surface area contributed by atoms with E-state index in [0.717, 1.165) is 40.3 Å². The average molecular weight is 638 g/mol. The molecule has 45 heavy (non-hydrogen) atoms. The van der Waals surface area contributed by atoms with Crippen molar-refractivity contribution in [1.82, 2.24) is 0 Å². The van der Waals surface area contributed by atoms with Gasteiger partial charge in [-0.2, -0.15) is 0 Å². The molecule has 0 bridgehead atoms. The molecule has 2 N–H and O–H groups in total. The van der Waals surface area contributed by atoms with Crippen LogP contribution < -0.4 is 25.0 Å². The minimum absolute atomic E-state index is 0.0973. The highest BCUT2D eigenvalue weighted by atomic mass is 35.5. The zero-order chi connectivity index (χ0) is 31.6. The van der Waals surface area contributed by atoms with Gasteiger partial charge < -0.3 is 25.0 Å². The first kappa shape index (κ1) is 30.7. The molecule has 6 nitrogen and oxygen atoms in total. The van der Waals surface area contributed by atoms with E-state index >= 15 is 0 Å². The van der Waals surface area contributed by atoms with E-state index in [0.29, 0.717) is 46.8 Å². The summed E-state index contributed by atoms with van der Waals surface area (Å²) in [5.41, 5.74) is 5.93. The Balaban J connectivity index is 1.48. The third-order valence-corrected chi connectivity index (χ3v) is 8.59. The minimum Gasteiger partial charge on any atom is -0.490 e. The van der Waals surface area contributed by atoms with E-state index in [2.05, 4.69) is 29.4 Å². The quantitative estimate of drug-likeness (QED) is 0.196. The van der Waals surface area contributed by atoms with Gasteiger partial charge in [0.05, 0.1) is 24.0 Å². The van der Waals surface area contributed by atoms with E-state index in [9.17, 15) is 4.79 Å². The maximum Gasteiger partial charge on any atom is 0.178 e. The highest BCUT2D eigenvalue weighted by molar-refractivity contribution is 7.80. The molecule has 0 spiro atoms. The lowest BCUT2D eigenvalue weighted by molar-refractivity contribution is -0.118. The molecule has 4 aromatic rings. The molecule has 0 radical (unpaired) electrons. The molecule has 2 aliphatic rings. The monoisotopic (exact) mass is 637 g/mol. The molecule has 1 aliphatic heterocycles. The topological polar surface area (TPSA) is 62.8 Å². The van der Waals surface area contributed by atoms with Crippen molar-refractivity contribution in [2.45, 2.75) is 46.3 Å². The fraction of sp³-hybridized carbons (Fsp3) is 0.243. The second-order valence-electron chi connectivity index (χ2n) is 12.1. The fourth-order valence-corrected chi connectivity index (χ4v) is 6.50. The van der Waals surface area contributed by atoms with E-state index in [4.69, 9.17) is 33.3 Å². The third kappa shape index (κ3) is 6.70. The molecule has 0 aromatic heterocycles. The van der Waals surface area contributed by atoms with Crippen LogP contribution in [0.15, 0.2) is 108 Å². The summed E-state index contributed by atoms with van der Waals surface area (Å²) in [5.74, 6) is 1.31. The maximum absolute atomic E-state index is 14.2. The largest absolute Gasteiger partial charge is 0.490 e. The zero-order valence-electron chi connectivity index (χ0n) is 25.6. The van der Waals surface area contributed by atoms with Crippen molar-refractivity contribution in [3.8, 4) is 11.5 Å². The van der Waals surface area contributed by atoms with E-state index in [1.807, 2.05) is 104 Å². The number of hydrogen-bond acceptors (Lipinski definition) is 5. The molecular formula is C37H36ClN3O3S. The van der Waals surface area contributed by atoms with Gasteiger partial charge in [-0.1, -0.05) is 74.0 Å². The summed E-state index contributed by atoms with van der Waals surface area (Å²) in [6, 6.07) is 30.9. The predicted molar refractivity (Wildman–Crippen MR) is 186 cm³/mol. The first-order valence-electron chi connectivity index (χ1n) is 15.1. The van der Waals surface area contributed by atoms with Gasteiger partial charge in [0.25, 0.3) is 0 Å². The van der Waals surface area contributed by atoms with Crippen LogP contribution in [0.5, 0.6) is 11.5 Å². The van der Waals surface area contributed by atoms with E-state index in [1.54, 1.807) is 0 Å². The molecule has 0 saturated heterocycles. The lowest BCUT2D eigenvalue weighted by Crippen LogP contribution is -2.41. The summed E-state index contributed by atoms with van der Waals surface area (Å²) in [5, 5.41) is 8.24. The Morgan fingerprint density at radius 3 is 2.44 bits per heavy atom. The van der Waals surface area contributed by atoms with Crippen LogP contribution in [0.3, 0.4) is 0 Å². The fourth-order valence-electron chi connectivity index (χ4n) is 6.06. The van der Waals surface area contributed by atoms with Gasteiger partial charge in [-0.25, -0.2) is 0 Å². The van der Waals surface area contributed by atoms with Gasteiger partial charge in [-0.05, 0) is 90.6 Å². The third-order valence-electron chi connectivity index (χ3n) is 8.04. The standard InChI is InChI=1S/C37H36ClN3O3S/c1-4-43-33-20-25(16-19-32(33)44-23-24-14-17-26(38)18-15-24)35-34-29(21-37(2,3)22-31(34)42)40-28-12-8-9-13-30(28)41(35)36(45)39-27-10-6-5-7-11-27/h5-20,35,40H,4,21-23H2,1-3H3,(H,39,45)/t35-/m1/s1. The number of ether oxygens (including phenoxy) is 2. The first-order valence-corrected chi connectivity index (χ1v) is 15.9. The predicted octanol–water partition coefficient (Wildman–Crippen LogP) is 9.33. The first-order chi connectivity index (χ1) is 21.7. The summed E-state index contributed by atoms with van der Waals surface area (Å²) >= 11 is 12.2. The number of ketones is 1. The van der Waals surface area contributed by atoms with Crippen molar-refractivity contribution in [1.29, 1.82) is 0 Å². The zero-order valence-corrected chi connectivity index (χ0v) is 27.2. The van der Waals surface area contributed by atoms with Gasteiger partial charge in [0.15, 0.2) is 22.4 Å². The Morgan fingerprint density at radius 1 is 0.956 bits per heavy atom.